The number of benzene rings is 2. The van der Waals surface area contributed by atoms with Crippen molar-refractivity contribution in [1.29, 1.82) is 0 Å². The maximum Gasteiger partial charge on any atom is 0.319 e. The van der Waals surface area contributed by atoms with Crippen molar-refractivity contribution < 1.29 is 9.59 Å². The molecule has 1 saturated heterocycles. The van der Waals surface area contributed by atoms with Gasteiger partial charge in [-0.2, -0.15) is 0 Å². The Morgan fingerprint density at radius 3 is 2.72 bits per heavy atom. The molecule has 0 aromatic heterocycles. The molecule has 0 aliphatic carbocycles. The van der Waals surface area contributed by atoms with Gasteiger partial charge in [-0.05, 0) is 36.2 Å². The van der Waals surface area contributed by atoms with Gasteiger partial charge in [-0.1, -0.05) is 46.3 Å². The fourth-order valence-corrected chi connectivity index (χ4v) is 3.41. The molecular formula is C19H20BrN3O2. The molecule has 0 radical (unpaired) electrons. The summed E-state index contributed by atoms with van der Waals surface area (Å²) < 4.78 is 0.967. The quantitative estimate of drug-likeness (QED) is 0.820. The van der Waals surface area contributed by atoms with Crippen LogP contribution in [0.3, 0.4) is 0 Å². The van der Waals surface area contributed by atoms with Gasteiger partial charge in [0, 0.05) is 29.7 Å². The third-order valence-corrected chi connectivity index (χ3v) is 4.70. The molecule has 3 rings (SSSR count). The Bertz CT molecular complexity index is 779. The van der Waals surface area contributed by atoms with Crippen LogP contribution in [-0.2, 0) is 11.3 Å². The Labute approximate surface area is 155 Å². The van der Waals surface area contributed by atoms with Crippen molar-refractivity contribution in [1.82, 2.24) is 10.2 Å². The van der Waals surface area contributed by atoms with Crippen LogP contribution in [0.15, 0.2) is 53.0 Å². The first-order valence-electron chi connectivity index (χ1n) is 8.16. The van der Waals surface area contributed by atoms with Crippen LogP contribution in [0, 0.1) is 6.92 Å². The molecule has 2 aromatic rings. The average molecular weight is 402 g/mol. The summed E-state index contributed by atoms with van der Waals surface area (Å²) in [6, 6.07) is 15.1. The Morgan fingerprint density at radius 1 is 1.24 bits per heavy atom. The number of carbonyl (C=O) groups excluding carboxylic acids is 2. The summed E-state index contributed by atoms with van der Waals surface area (Å²) in [6.07, 6.45) is 0.333. The van der Waals surface area contributed by atoms with Crippen LogP contribution in [0.4, 0.5) is 10.5 Å². The van der Waals surface area contributed by atoms with Crippen LogP contribution >= 0.6 is 15.9 Å². The molecule has 2 N–H and O–H groups in total. The van der Waals surface area contributed by atoms with E-state index in [4.69, 9.17) is 0 Å². The van der Waals surface area contributed by atoms with Crippen LogP contribution in [0.25, 0.3) is 0 Å². The smallest absolute Gasteiger partial charge is 0.319 e. The summed E-state index contributed by atoms with van der Waals surface area (Å²) in [5.74, 6) is 0.0639. The van der Waals surface area contributed by atoms with Gasteiger partial charge in [-0.25, -0.2) is 4.79 Å². The highest BCUT2D eigenvalue weighted by atomic mass is 79.9. The molecule has 0 saturated carbocycles. The second kappa shape index (κ2) is 7.70. The van der Waals surface area contributed by atoms with Crippen molar-refractivity contribution in [2.45, 2.75) is 25.9 Å². The number of urea groups is 1. The largest absolute Gasteiger partial charge is 0.336 e. The van der Waals surface area contributed by atoms with Gasteiger partial charge in [-0.3, -0.25) is 4.79 Å². The zero-order chi connectivity index (χ0) is 17.8. The predicted molar refractivity (Wildman–Crippen MR) is 101 cm³/mol. The van der Waals surface area contributed by atoms with Crippen LogP contribution < -0.4 is 10.6 Å². The van der Waals surface area contributed by atoms with Crippen molar-refractivity contribution >= 4 is 33.6 Å². The molecule has 0 bridgehead atoms. The first-order valence-corrected chi connectivity index (χ1v) is 8.96. The molecule has 1 atom stereocenters. The summed E-state index contributed by atoms with van der Waals surface area (Å²) in [6.45, 7) is 3.03. The Hall–Kier alpha value is -2.34. The van der Waals surface area contributed by atoms with Gasteiger partial charge in [0.2, 0.25) is 5.91 Å². The lowest BCUT2D eigenvalue weighted by molar-refractivity contribution is -0.128. The molecule has 6 heteroatoms. The number of aryl methyl sites for hydroxylation is 1. The number of rotatable bonds is 4. The van der Waals surface area contributed by atoms with E-state index in [0.717, 1.165) is 21.3 Å². The molecule has 5 nitrogen and oxygen atoms in total. The molecule has 1 heterocycles. The van der Waals surface area contributed by atoms with Gasteiger partial charge in [0.05, 0.1) is 6.04 Å². The van der Waals surface area contributed by atoms with Gasteiger partial charge in [0.25, 0.3) is 0 Å². The van der Waals surface area contributed by atoms with E-state index in [1.54, 1.807) is 4.90 Å². The summed E-state index contributed by atoms with van der Waals surface area (Å²) in [4.78, 5) is 26.2. The van der Waals surface area contributed by atoms with Crippen molar-refractivity contribution in [3.63, 3.8) is 0 Å². The van der Waals surface area contributed by atoms with Crippen molar-refractivity contribution in [3.8, 4) is 0 Å². The minimum Gasteiger partial charge on any atom is -0.336 e. The molecule has 130 valence electrons. The molecule has 1 fully saturated rings. The Kier molecular flexibility index (Phi) is 5.38. The molecule has 1 aliphatic rings. The molecule has 25 heavy (non-hydrogen) atoms. The fraction of sp³-hybridized carbons (Fsp3) is 0.263. The van der Waals surface area contributed by atoms with E-state index in [0.29, 0.717) is 19.5 Å². The number of hydrogen-bond acceptors (Lipinski definition) is 2. The number of nitrogens with zero attached hydrogens (tertiary/aromatic N) is 1. The number of halogens is 1. The number of carbonyl (C=O) groups is 2. The molecule has 3 amide bonds. The fourth-order valence-electron chi connectivity index (χ4n) is 2.94. The molecular weight excluding hydrogens is 382 g/mol. The number of nitrogens with one attached hydrogen (secondary N) is 2. The summed E-state index contributed by atoms with van der Waals surface area (Å²) >= 11 is 3.40. The highest BCUT2D eigenvalue weighted by Gasteiger charge is 2.30. The van der Waals surface area contributed by atoms with Gasteiger partial charge in [-0.15, -0.1) is 0 Å². The molecule has 0 spiro atoms. The Morgan fingerprint density at radius 2 is 2.00 bits per heavy atom. The summed E-state index contributed by atoms with van der Waals surface area (Å²) in [5.41, 5.74) is 2.82. The first kappa shape index (κ1) is 17.5. The predicted octanol–water partition coefficient (Wildman–Crippen LogP) is 3.68. The van der Waals surface area contributed by atoms with E-state index < -0.39 is 0 Å². The minimum atomic E-state index is -0.287. The van der Waals surface area contributed by atoms with E-state index >= 15 is 0 Å². The van der Waals surface area contributed by atoms with E-state index in [-0.39, 0.29) is 18.0 Å². The highest BCUT2D eigenvalue weighted by molar-refractivity contribution is 9.10. The van der Waals surface area contributed by atoms with Crippen molar-refractivity contribution in [2.75, 3.05) is 11.9 Å². The van der Waals surface area contributed by atoms with Gasteiger partial charge in [0.15, 0.2) is 0 Å². The van der Waals surface area contributed by atoms with Gasteiger partial charge in [0.1, 0.15) is 0 Å². The van der Waals surface area contributed by atoms with Crippen molar-refractivity contribution in [2.24, 2.45) is 0 Å². The van der Waals surface area contributed by atoms with E-state index in [9.17, 15) is 9.59 Å². The zero-order valence-corrected chi connectivity index (χ0v) is 15.5. The Balaban J connectivity index is 1.55. The van der Waals surface area contributed by atoms with Gasteiger partial charge >= 0.3 is 6.03 Å². The lowest BCUT2D eigenvalue weighted by Crippen LogP contribution is -2.39. The standard InChI is InChI=1S/C19H20BrN3O2/c1-13-9-15(20)7-8-17(13)22-19(25)21-16-10-18(24)23(12-16)11-14-5-3-2-4-6-14/h2-9,16H,10-12H2,1H3,(H2,21,22,25). The van der Waals surface area contributed by atoms with E-state index in [1.165, 1.54) is 0 Å². The van der Waals surface area contributed by atoms with E-state index in [2.05, 4.69) is 26.6 Å². The number of likely N-dealkylation sites (tertiary alicyclic amines) is 1. The number of hydrogen-bond donors (Lipinski definition) is 2. The monoisotopic (exact) mass is 401 g/mol. The number of anilines is 1. The molecule has 1 aliphatic heterocycles. The van der Waals surface area contributed by atoms with Crippen LogP contribution in [0.2, 0.25) is 0 Å². The van der Waals surface area contributed by atoms with Crippen molar-refractivity contribution in [3.05, 3.63) is 64.1 Å². The lowest BCUT2D eigenvalue weighted by atomic mass is 10.2. The van der Waals surface area contributed by atoms with Crippen LogP contribution in [0.5, 0.6) is 0 Å². The SMILES string of the molecule is Cc1cc(Br)ccc1NC(=O)NC1CC(=O)N(Cc2ccccc2)C1. The van der Waals surface area contributed by atoms with Gasteiger partial charge < -0.3 is 15.5 Å². The average Bonchev–Trinajstić information content (AvgIpc) is 2.90. The number of amides is 3. The zero-order valence-electron chi connectivity index (χ0n) is 14.0. The van der Waals surface area contributed by atoms with Crippen LogP contribution in [-0.4, -0.2) is 29.4 Å². The minimum absolute atomic E-state index is 0.0639. The normalized spacial score (nSPS) is 16.8. The van der Waals surface area contributed by atoms with E-state index in [1.807, 2.05) is 55.5 Å². The van der Waals surface area contributed by atoms with Crippen LogP contribution in [0.1, 0.15) is 17.5 Å². The summed E-state index contributed by atoms with van der Waals surface area (Å²) in [5, 5.41) is 5.73. The maximum absolute atomic E-state index is 12.2. The maximum atomic E-state index is 12.2. The topological polar surface area (TPSA) is 61.4 Å². The summed E-state index contributed by atoms with van der Waals surface area (Å²) in [7, 11) is 0. The second-order valence-corrected chi connectivity index (χ2v) is 7.13. The third-order valence-electron chi connectivity index (χ3n) is 4.20. The first-order chi connectivity index (χ1) is 12.0. The lowest BCUT2D eigenvalue weighted by Gasteiger charge is -2.17. The third kappa shape index (κ3) is 4.60. The second-order valence-electron chi connectivity index (χ2n) is 6.22. The molecule has 1 unspecified atom stereocenters. The highest BCUT2D eigenvalue weighted by Crippen LogP contribution is 2.20. The molecule has 2 aromatic carbocycles.